The summed E-state index contributed by atoms with van der Waals surface area (Å²) in [6.45, 7) is 0. The second kappa shape index (κ2) is 4.77. The van der Waals surface area contributed by atoms with Gasteiger partial charge in [0.25, 0.3) is 0 Å². The average Bonchev–Trinajstić information content (AvgIpc) is 2.26. The van der Waals surface area contributed by atoms with Crippen LogP contribution in [0.2, 0.25) is 0 Å². The molecule has 0 aromatic carbocycles. The van der Waals surface area contributed by atoms with Gasteiger partial charge in [-0.2, -0.15) is 0 Å². The van der Waals surface area contributed by atoms with E-state index >= 15 is 0 Å². The van der Waals surface area contributed by atoms with Gasteiger partial charge >= 0.3 is 11.9 Å². The predicted octanol–water partition coefficient (Wildman–Crippen LogP) is 0.304. The number of carbonyl (C=O) groups is 2. The molecule has 0 unspecified atom stereocenters. The van der Waals surface area contributed by atoms with E-state index in [-0.39, 0.29) is 11.4 Å². The maximum Gasteiger partial charge on any atom is 0.384 e. The fourth-order valence-electron chi connectivity index (χ4n) is 0.790. The van der Waals surface area contributed by atoms with Crippen LogP contribution in [0.5, 0.6) is 0 Å². The first-order chi connectivity index (χ1) is 7.13. The molecule has 0 aliphatic rings. The number of carboxylic acid groups (broad SMARTS) is 1. The van der Waals surface area contributed by atoms with Gasteiger partial charge in [-0.15, -0.1) is 0 Å². The lowest BCUT2D eigenvalue weighted by Gasteiger charge is -1.93. The maximum absolute atomic E-state index is 10.7. The van der Waals surface area contributed by atoms with Gasteiger partial charge in [-0.3, -0.25) is 0 Å². The van der Waals surface area contributed by atoms with Crippen LogP contribution in [0.1, 0.15) is 16.2 Å². The van der Waals surface area contributed by atoms with Crippen LogP contribution in [0.3, 0.4) is 0 Å². The zero-order valence-electron chi connectivity index (χ0n) is 7.85. The van der Waals surface area contributed by atoms with Gasteiger partial charge in [0.2, 0.25) is 0 Å². The Labute approximate surface area is 85.7 Å². The third-order valence-corrected chi connectivity index (χ3v) is 1.45. The molecule has 0 radical (unpaired) electrons. The van der Waals surface area contributed by atoms with Gasteiger partial charge in [0, 0.05) is 5.92 Å². The minimum absolute atomic E-state index is 0.119. The summed E-state index contributed by atoms with van der Waals surface area (Å²) in [6, 6.07) is 4.34. The smallest absolute Gasteiger partial charge is 0.384 e. The first kappa shape index (κ1) is 10.7. The van der Waals surface area contributed by atoms with E-state index < -0.39 is 11.9 Å². The van der Waals surface area contributed by atoms with E-state index in [2.05, 4.69) is 21.6 Å². The number of rotatable bonds is 1. The molecule has 1 rings (SSSR count). The molecule has 1 aromatic rings. The molecule has 0 aliphatic heterocycles. The number of carboxylic acids is 1. The van der Waals surface area contributed by atoms with Crippen LogP contribution in [0.15, 0.2) is 18.2 Å². The van der Waals surface area contributed by atoms with Crippen molar-refractivity contribution in [3.8, 4) is 11.8 Å². The topological polar surface area (TPSA) is 76.5 Å². The SMILES string of the molecule is COC(=O)C#Cc1cccc(C(=O)O)n1. The lowest BCUT2D eigenvalue weighted by molar-refractivity contribution is -0.133. The number of hydrogen-bond acceptors (Lipinski definition) is 4. The van der Waals surface area contributed by atoms with E-state index in [9.17, 15) is 9.59 Å². The van der Waals surface area contributed by atoms with Crippen molar-refractivity contribution < 1.29 is 19.4 Å². The second-order valence-electron chi connectivity index (χ2n) is 2.45. The van der Waals surface area contributed by atoms with Crippen LogP contribution < -0.4 is 0 Å². The molecule has 76 valence electrons. The van der Waals surface area contributed by atoms with Crippen molar-refractivity contribution in [3.63, 3.8) is 0 Å². The van der Waals surface area contributed by atoms with Crippen molar-refractivity contribution in [2.45, 2.75) is 0 Å². The maximum atomic E-state index is 10.7. The Hall–Kier alpha value is -2.35. The fourth-order valence-corrected chi connectivity index (χ4v) is 0.790. The monoisotopic (exact) mass is 205 g/mol. The largest absolute Gasteiger partial charge is 0.477 e. The van der Waals surface area contributed by atoms with Crippen LogP contribution in [-0.4, -0.2) is 29.1 Å². The zero-order valence-corrected chi connectivity index (χ0v) is 7.85. The molecule has 5 nitrogen and oxygen atoms in total. The highest BCUT2D eigenvalue weighted by Crippen LogP contribution is 1.97. The van der Waals surface area contributed by atoms with E-state index in [1.54, 1.807) is 0 Å². The molecular weight excluding hydrogens is 198 g/mol. The van der Waals surface area contributed by atoms with Crippen molar-refractivity contribution in [3.05, 3.63) is 29.6 Å². The Kier molecular flexibility index (Phi) is 3.41. The standard InChI is InChI=1S/C10H7NO4/c1-15-9(12)6-5-7-3-2-4-8(11-7)10(13)14/h2-4H,1H3,(H,13,14). The van der Waals surface area contributed by atoms with Gasteiger partial charge in [-0.1, -0.05) is 6.07 Å². The summed E-state index contributed by atoms with van der Waals surface area (Å²) >= 11 is 0. The number of ether oxygens (including phenoxy) is 1. The van der Waals surface area contributed by atoms with Gasteiger partial charge in [0.1, 0.15) is 11.4 Å². The molecule has 5 heteroatoms. The molecule has 0 saturated heterocycles. The molecule has 0 atom stereocenters. The minimum Gasteiger partial charge on any atom is -0.477 e. The number of esters is 1. The van der Waals surface area contributed by atoms with E-state index in [1.807, 2.05) is 0 Å². The van der Waals surface area contributed by atoms with Crippen LogP contribution in [0.25, 0.3) is 0 Å². The van der Waals surface area contributed by atoms with Crippen molar-refractivity contribution in [2.75, 3.05) is 7.11 Å². The van der Waals surface area contributed by atoms with E-state index in [0.717, 1.165) is 0 Å². The quantitative estimate of drug-likeness (QED) is 0.527. The molecule has 1 N–H and O–H groups in total. The van der Waals surface area contributed by atoms with Crippen molar-refractivity contribution in [2.24, 2.45) is 0 Å². The zero-order chi connectivity index (χ0) is 11.3. The normalized spacial score (nSPS) is 8.60. The molecule has 0 spiro atoms. The van der Waals surface area contributed by atoms with Crippen molar-refractivity contribution in [1.29, 1.82) is 0 Å². The summed E-state index contributed by atoms with van der Waals surface area (Å²) < 4.78 is 4.29. The summed E-state index contributed by atoms with van der Waals surface area (Å²) in [5, 5.41) is 8.63. The molecule has 0 saturated carbocycles. The van der Waals surface area contributed by atoms with Crippen molar-refractivity contribution >= 4 is 11.9 Å². The number of nitrogens with zero attached hydrogens (tertiary/aromatic N) is 1. The number of aromatic carboxylic acids is 1. The summed E-state index contributed by atoms with van der Waals surface area (Å²) in [5.74, 6) is 2.70. The highest BCUT2D eigenvalue weighted by Gasteiger charge is 2.03. The molecule has 0 bridgehead atoms. The summed E-state index contributed by atoms with van der Waals surface area (Å²) in [6.07, 6.45) is 0. The predicted molar refractivity (Wildman–Crippen MR) is 50.1 cm³/mol. The van der Waals surface area contributed by atoms with Gasteiger partial charge < -0.3 is 9.84 Å². The Morgan fingerprint density at radius 1 is 1.47 bits per heavy atom. The Morgan fingerprint density at radius 2 is 2.20 bits per heavy atom. The molecule has 1 aromatic heterocycles. The Bertz CT molecular complexity index is 456. The lowest BCUT2D eigenvalue weighted by atomic mass is 10.3. The Morgan fingerprint density at radius 3 is 2.80 bits per heavy atom. The number of pyridine rings is 1. The molecule has 15 heavy (non-hydrogen) atoms. The fraction of sp³-hybridized carbons (Fsp3) is 0.100. The summed E-state index contributed by atoms with van der Waals surface area (Å²) in [7, 11) is 1.21. The van der Waals surface area contributed by atoms with E-state index in [4.69, 9.17) is 5.11 Å². The van der Waals surface area contributed by atoms with Gasteiger partial charge in [-0.25, -0.2) is 14.6 Å². The first-order valence-electron chi connectivity index (χ1n) is 3.94. The van der Waals surface area contributed by atoms with Crippen LogP contribution >= 0.6 is 0 Å². The summed E-state index contributed by atoms with van der Waals surface area (Å²) in [5.41, 5.74) is 0.0898. The molecule has 0 aliphatic carbocycles. The van der Waals surface area contributed by atoms with Crippen LogP contribution in [-0.2, 0) is 9.53 Å². The number of aromatic nitrogens is 1. The summed E-state index contributed by atoms with van der Waals surface area (Å²) in [4.78, 5) is 24.9. The number of carbonyl (C=O) groups excluding carboxylic acids is 1. The number of hydrogen-bond donors (Lipinski definition) is 1. The third kappa shape index (κ3) is 3.12. The molecule has 0 fully saturated rings. The second-order valence-corrected chi connectivity index (χ2v) is 2.45. The van der Waals surface area contributed by atoms with Crippen molar-refractivity contribution in [1.82, 2.24) is 4.98 Å². The number of methoxy groups -OCH3 is 1. The van der Waals surface area contributed by atoms with E-state index in [0.29, 0.717) is 0 Å². The molecule has 1 heterocycles. The van der Waals surface area contributed by atoms with Crippen LogP contribution in [0.4, 0.5) is 0 Å². The van der Waals surface area contributed by atoms with E-state index in [1.165, 1.54) is 25.3 Å². The third-order valence-electron chi connectivity index (χ3n) is 1.45. The molecule has 0 amide bonds. The van der Waals surface area contributed by atoms with Gasteiger partial charge in [0.05, 0.1) is 7.11 Å². The van der Waals surface area contributed by atoms with Gasteiger partial charge in [0.15, 0.2) is 0 Å². The van der Waals surface area contributed by atoms with Crippen LogP contribution in [0, 0.1) is 11.8 Å². The minimum atomic E-state index is -1.14. The lowest BCUT2D eigenvalue weighted by Crippen LogP contribution is -2.01. The first-order valence-corrected chi connectivity index (χ1v) is 3.94. The average molecular weight is 205 g/mol. The Balaban J connectivity index is 2.95. The molecular formula is C10H7NO4. The highest BCUT2D eigenvalue weighted by atomic mass is 16.5. The highest BCUT2D eigenvalue weighted by molar-refractivity contribution is 5.89. The van der Waals surface area contributed by atoms with Gasteiger partial charge in [-0.05, 0) is 18.1 Å².